The SMILES string of the molecule is CCC(c1cc2cc(C)nn2c(=O)n1Cc1ccccc1)N(CCCN)C(=O)c1ccc(Br)cc1. The number of aromatic nitrogens is 3. The van der Waals surface area contributed by atoms with Gasteiger partial charge >= 0.3 is 5.69 Å². The van der Waals surface area contributed by atoms with E-state index in [-0.39, 0.29) is 17.6 Å². The third kappa shape index (κ3) is 5.39. The minimum Gasteiger partial charge on any atom is -0.330 e. The summed E-state index contributed by atoms with van der Waals surface area (Å²) in [6.07, 6.45) is 1.31. The lowest BCUT2D eigenvalue weighted by atomic mass is 10.0. The highest BCUT2D eigenvalue weighted by Gasteiger charge is 2.28. The number of amides is 1. The highest BCUT2D eigenvalue weighted by Crippen LogP contribution is 2.28. The summed E-state index contributed by atoms with van der Waals surface area (Å²) in [4.78, 5) is 29.2. The molecule has 2 aromatic carbocycles. The molecular weight excluding hydrogens is 506 g/mol. The molecule has 0 radical (unpaired) electrons. The molecule has 0 saturated heterocycles. The fourth-order valence-corrected chi connectivity index (χ4v) is 4.70. The van der Waals surface area contributed by atoms with Crippen LogP contribution in [0.4, 0.5) is 0 Å². The number of aryl methyl sites for hydroxylation is 1. The number of fused-ring (bicyclic) bond motifs is 1. The number of nitrogens with zero attached hydrogens (tertiary/aromatic N) is 4. The summed E-state index contributed by atoms with van der Waals surface area (Å²) in [5.41, 5.74) is 9.50. The molecule has 4 aromatic rings. The normalized spacial score (nSPS) is 12.1. The third-order valence-electron chi connectivity index (χ3n) is 6.12. The van der Waals surface area contributed by atoms with Crippen molar-refractivity contribution in [1.82, 2.24) is 19.1 Å². The number of hydrogen-bond acceptors (Lipinski definition) is 4. The summed E-state index contributed by atoms with van der Waals surface area (Å²) < 4.78 is 4.09. The van der Waals surface area contributed by atoms with E-state index < -0.39 is 0 Å². The summed E-state index contributed by atoms with van der Waals surface area (Å²) >= 11 is 3.44. The Kier molecular flexibility index (Phi) is 7.83. The number of rotatable bonds is 9. The van der Waals surface area contributed by atoms with Gasteiger partial charge in [-0.25, -0.2) is 4.79 Å². The number of hydrogen-bond donors (Lipinski definition) is 1. The van der Waals surface area contributed by atoms with Crippen LogP contribution in [0.3, 0.4) is 0 Å². The highest BCUT2D eigenvalue weighted by molar-refractivity contribution is 9.10. The summed E-state index contributed by atoms with van der Waals surface area (Å²) in [6, 6.07) is 20.8. The quantitative estimate of drug-likeness (QED) is 0.340. The van der Waals surface area contributed by atoms with Crippen molar-refractivity contribution in [2.45, 2.75) is 39.3 Å². The molecule has 2 aromatic heterocycles. The summed E-state index contributed by atoms with van der Waals surface area (Å²) in [5, 5.41) is 4.41. The Hall–Kier alpha value is -3.23. The van der Waals surface area contributed by atoms with E-state index in [1.54, 1.807) is 4.57 Å². The van der Waals surface area contributed by atoms with E-state index in [9.17, 15) is 9.59 Å². The molecule has 1 amide bonds. The van der Waals surface area contributed by atoms with Gasteiger partial charge in [-0.05, 0) is 68.3 Å². The maximum Gasteiger partial charge on any atom is 0.349 e. The minimum absolute atomic E-state index is 0.0823. The maximum absolute atomic E-state index is 13.7. The fourth-order valence-electron chi connectivity index (χ4n) is 4.44. The van der Waals surface area contributed by atoms with Crippen LogP contribution in [0.15, 0.2) is 76.0 Å². The minimum atomic E-state index is -0.311. The van der Waals surface area contributed by atoms with Gasteiger partial charge in [-0.15, -0.1) is 0 Å². The lowest BCUT2D eigenvalue weighted by Gasteiger charge is -2.33. The molecule has 0 aliphatic heterocycles. The Balaban J connectivity index is 1.86. The van der Waals surface area contributed by atoms with Gasteiger partial charge in [-0.3, -0.25) is 9.36 Å². The first-order chi connectivity index (χ1) is 16.9. The van der Waals surface area contributed by atoms with Gasteiger partial charge < -0.3 is 10.6 Å². The molecule has 0 spiro atoms. The van der Waals surface area contributed by atoms with E-state index in [1.165, 1.54) is 4.52 Å². The number of carbonyl (C=O) groups is 1. The first-order valence-corrected chi connectivity index (χ1v) is 12.6. The van der Waals surface area contributed by atoms with E-state index in [2.05, 4.69) is 21.0 Å². The first kappa shape index (κ1) is 24.9. The van der Waals surface area contributed by atoms with Crippen molar-refractivity contribution in [2.24, 2.45) is 5.73 Å². The zero-order valence-corrected chi connectivity index (χ0v) is 21.6. The van der Waals surface area contributed by atoms with Crippen LogP contribution in [0, 0.1) is 6.92 Å². The Bertz CT molecular complexity index is 1360. The van der Waals surface area contributed by atoms with Gasteiger partial charge in [0.15, 0.2) is 0 Å². The molecule has 0 aliphatic carbocycles. The van der Waals surface area contributed by atoms with Crippen LogP contribution < -0.4 is 11.4 Å². The average Bonchev–Trinajstić information content (AvgIpc) is 3.25. The Morgan fingerprint density at radius 3 is 2.49 bits per heavy atom. The van der Waals surface area contributed by atoms with Crippen molar-refractivity contribution in [3.05, 3.63) is 104 Å². The van der Waals surface area contributed by atoms with Crippen molar-refractivity contribution in [2.75, 3.05) is 13.1 Å². The van der Waals surface area contributed by atoms with Crippen molar-refractivity contribution >= 4 is 27.4 Å². The zero-order chi connectivity index (χ0) is 24.9. The van der Waals surface area contributed by atoms with Crippen LogP contribution in [-0.4, -0.2) is 38.1 Å². The van der Waals surface area contributed by atoms with Crippen LogP contribution in [0.1, 0.15) is 53.1 Å². The molecular formula is C27H30BrN5O2. The summed E-state index contributed by atoms with van der Waals surface area (Å²) in [5.74, 6) is -0.0823. The Morgan fingerprint density at radius 2 is 1.83 bits per heavy atom. The van der Waals surface area contributed by atoms with E-state index in [0.717, 1.165) is 26.9 Å². The van der Waals surface area contributed by atoms with Crippen LogP contribution in [0.25, 0.3) is 5.52 Å². The second-order valence-corrected chi connectivity index (χ2v) is 9.53. The lowest BCUT2D eigenvalue weighted by molar-refractivity contribution is 0.0660. The van der Waals surface area contributed by atoms with Crippen molar-refractivity contribution in [3.8, 4) is 0 Å². The summed E-state index contributed by atoms with van der Waals surface area (Å²) in [6.45, 7) is 5.26. The van der Waals surface area contributed by atoms with Gasteiger partial charge in [0.1, 0.15) is 0 Å². The van der Waals surface area contributed by atoms with Crippen LogP contribution in [0.2, 0.25) is 0 Å². The van der Waals surface area contributed by atoms with Crippen molar-refractivity contribution in [1.29, 1.82) is 0 Å². The van der Waals surface area contributed by atoms with Gasteiger partial charge in [0.2, 0.25) is 0 Å². The number of benzene rings is 2. The smallest absolute Gasteiger partial charge is 0.330 e. The van der Waals surface area contributed by atoms with Crippen LogP contribution >= 0.6 is 15.9 Å². The van der Waals surface area contributed by atoms with Crippen molar-refractivity contribution < 1.29 is 4.79 Å². The van der Waals surface area contributed by atoms with E-state index in [1.807, 2.05) is 85.5 Å². The molecule has 1 atom stereocenters. The molecule has 0 aliphatic rings. The standard InChI is InChI=1S/C27H30BrN5O2/c1-3-24(31(15-7-14-29)26(34)21-10-12-22(28)13-11-21)25-17-23-16-19(2)30-33(23)27(35)32(25)18-20-8-5-4-6-9-20/h4-6,8-13,16-17,24H,3,7,14-15,18,29H2,1-2H3. The predicted molar refractivity (Wildman–Crippen MR) is 142 cm³/mol. The van der Waals surface area contributed by atoms with E-state index >= 15 is 0 Å². The number of nitrogens with two attached hydrogens (primary N) is 1. The predicted octanol–water partition coefficient (Wildman–Crippen LogP) is 4.56. The van der Waals surface area contributed by atoms with E-state index in [0.29, 0.717) is 38.0 Å². The molecule has 182 valence electrons. The Morgan fingerprint density at radius 1 is 1.11 bits per heavy atom. The Labute approximate surface area is 213 Å². The number of halogens is 1. The largest absolute Gasteiger partial charge is 0.349 e. The average molecular weight is 536 g/mol. The van der Waals surface area contributed by atoms with E-state index in [4.69, 9.17) is 5.73 Å². The second kappa shape index (κ2) is 11.0. The molecule has 4 rings (SSSR count). The first-order valence-electron chi connectivity index (χ1n) is 11.8. The maximum atomic E-state index is 13.7. The highest BCUT2D eigenvalue weighted by atomic mass is 79.9. The van der Waals surface area contributed by atoms with Gasteiger partial charge in [-0.2, -0.15) is 9.61 Å². The van der Waals surface area contributed by atoms with Gasteiger partial charge in [0, 0.05) is 22.3 Å². The van der Waals surface area contributed by atoms with Crippen LogP contribution in [-0.2, 0) is 6.54 Å². The number of carbonyl (C=O) groups excluding carboxylic acids is 1. The molecule has 0 saturated carbocycles. The van der Waals surface area contributed by atoms with Crippen LogP contribution in [0.5, 0.6) is 0 Å². The fraction of sp³-hybridized carbons (Fsp3) is 0.296. The molecule has 35 heavy (non-hydrogen) atoms. The van der Waals surface area contributed by atoms with Gasteiger partial charge in [0.05, 0.1) is 23.8 Å². The van der Waals surface area contributed by atoms with Crippen molar-refractivity contribution in [3.63, 3.8) is 0 Å². The zero-order valence-electron chi connectivity index (χ0n) is 20.0. The summed E-state index contributed by atoms with van der Waals surface area (Å²) in [7, 11) is 0. The molecule has 0 fully saturated rings. The molecule has 2 N–H and O–H groups in total. The van der Waals surface area contributed by atoms with Gasteiger partial charge in [-0.1, -0.05) is 53.2 Å². The molecule has 2 heterocycles. The molecule has 1 unspecified atom stereocenters. The third-order valence-corrected chi connectivity index (χ3v) is 6.65. The molecule has 7 nitrogen and oxygen atoms in total. The second-order valence-electron chi connectivity index (χ2n) is 8.62. The molecule has 0 bridgehead atoms. The van der Waals surface area contributed by atoms with Gasteiger partial charge in [0.25, 0.3) is 5.91 Å². The monoisotopic (exact) mass is 535 g/mol. The topological polar surface area (TPSA) is 85.6 Å². The molecule has 8 heteroatoms. The lowest BCUT2D eigenvalue weighted by Crippen LogP contribution is -2.40.